The Hall–Kier alpha value is -1.79. The van der Waals surface area contributed by atoms with Gasteiger partial charge in [-0.25, -0.2) is 9.59 Å². The Morgan fingerprint density at radius 3 is 2.61 bits per heavy atom. The van der Waals surface area contributed by atoms with E-state index in [2.05, 4.69) is 10.6 Å². The molecule has 1 heterocycles. The molecule has 1 fully saturated rings. The second kappa shape index (κ2) is 5.24. The van der Waals surface area contributed by atoms with Gasteiger partial charge in [0.15, 0.2) is 0 Å². The Morgan fingerprint density at radius 2 is 2.11 bits per heavy atom. The number of rotatable bonds is 2. The van der Waals surface area contributed by atoms with Crippen LogP contribution in [0, 0.1) is 5.41 Å². The molecule has 7 nitrogen and oxygen atoms in total. The lowest BCUT2D eigenvalue weighted by Crippen LogP contribution is -2.61. The van der Waals surface area contributed by atoms with Crippen molar-refractivity contribution in [3.8, 4) is 0 Å². The van der Waals surface area contributed by atoms with Crippen LogP contribution in [0.4, 0.5) is 4.79 Å². The van der Waals surface area contributed by atoms with E-state index in [1.54, 1.807) is 0 Å². The van der Waals surface area contributed by atoms with Gasteiger partial charge in [-0.3, -0.25) is 9.69 Å². The summed E-state index contributed by atoms with van der Waals surface area (Å²) in [5, 5.41) is 14.1. The average molecular weight is 257 g/mol. The van der Waals surface area contributed by atoms with E-state index >= 15 is 0 Å². The highest BCUT2D eigenvalue weighted by molar-refractivity contribution is 5.90. The normalized spacial score (nSPS) is 20.3. The molecular formula is C11H19N3O4. The summed E-state index contributed by atoms with van der Waals surface area (Å²) in [7, 11) is 0. The molecule has 1 aliphatic rings. The molecule has 0 aliphatic carbocycles. The third-order valence-corrected chi connectivity index (χ3v) is 2.50. The third kappa shape index (κ3) is 3.90. The molecule has 0 aromatic heterocycles. The summed E-state index contributed by atoms with van der Waals surface area (Å²) < 4.78 is 0. The van der Waals surface area contributed by atoms with Crippen molar-refractivity contribution in [2.45, 2.75) is 26.8 Å². The average Bonchev–Trinajstić information content (AvgIpc) is 2.24. The number of carbonyl (C=O) groups is 3. The second-order valence-corrected chi connectivity index (χ2v) is 5.51. The third-order valence-electron chi connectivity index (χ3n) is 2.50. The largest absolute Gasteiger partial charge is 0.480 e. The molecule has 0 aromatic carbocycles. The fourth-order valence-electron chi connectivity index (χ4n) is 1.52. The second-order valence-electron chi connectivity index (χ2n) is 5.51. The number of carbonyl (C=O) groups excluding carboxylic acids is 2. The highest BCUT2D eigenvalue weighted by Gasteiger charge is 2.35. The molecule has 0 aromatic rings. The van der Waals surface area contributed by atoms with Crippen LogP contribution in [-0.4, -0.2) is 53.6 Å². The van der Waals surface area contributed by atoms with Crippen LogP contribution in [0.5, 0.6) is 0 Å². The van der Waals surface area contributed by atoms with Gasteiger partial charge in [0.25, 0.3) is 0 Å². The number of amides is 3. The van der Waals surface area contributed by atoms with Crippen LogP contribution in [0.2, 0.25) is 0 Å². The fourth-order valence-corrected chi connectivity index (χ4v) is 1.52. The molecule has 1 atom stereocenters. The molecular weight excluding hydrogens is 238 g/mol. The Bertz CT molecular complexity index is 362. The van der Waals surface area contributed by atoms with Crippen LogP contribution in [0.25, 0.3) is 0 Å². The topological polar surface area (TPSA) is 98.7 Å². The van der Waals surface area contributed by atoms with Crippen LogP contribution < -0.4 is 10.6 Å². The van der Waals surface area contributed by atoms with E-state index in [9.17, 15) is 14.4 Å². The number of nitrogens with one attached hydrogen (secondary N) is 2. The number of nitrogens with zero attached hydrogens (tertiary/aromatic N) is 1. The van der Waals surface area contributed by atoms with Crippen molar-refractivity contribution in [3.63, 3.8) is 0 Å². The first-order valence-corrected chi connectivity index (χ1v) is 5.75. The maximum Gasteiger partial charge on any atom is 0.328 e. The van der Waals surface area contributed by atoms with Gasteiger partial charge in [-0.15, -0.1) is 0 Å². The summed E-state index contributed by atoms with van der Waals surface area (Å²) in [5.74, 6) is -1.47. The lowest BCUT2D eigenvalue weighted by Gasteiger charge is -2.33. The number of carboxylic acid groups (broad SMARTS) is 1. The predicted octanol–water partition coefficient (Wildman–Crippen LogP) is -0.373. The molecule has 18 heavy (non-hydrogen) atoms. The quantitative estimate of drug-likeness (QED) is 0.628. The van der Waals surface area contributed by atoms with Crippen molar-refractivity contribution >= 4 is 17.9 Å². The molecule has 0 bridgehead atoms. The van der Waals surface area contributed by atoms with Gasteiger partial charge in [0.2, 0.25) is 5.91 Å². The highest BCUT2D eigenvalue weighted by Crippen LogP contribution is 2.11. The van der Waals surface area contributed by atoms with Gasteiger partial charge in [-0.05, 0) is 5.41 Å². The van der Waals surface area contributed by atoms with Crippen LogP contribution >= 0.6 is 0 Å². The van der Waals surface area contributed by atoms with Crippen LogP contribution in [0.3, 0.4) is 0 Å². The highest BCUT2D eigenvalue weighted by atomic mass is 16.4. The molecule has 0 spiro atoms. The number of hydrogen-bond donors (Lipinski definition) is 3. The lowest BCUT2D eigenvalue weighted by atomic mass is 9.97. The van der Waals surface area contributed by atoms with E-state index in [1.807, 2.05) is 20.8 Å². The molecule has 0 saturated carbocycles. The van der Waals surface area contributed by atoms with Gasteiger partial charge in [0, 0.05) is 13.1 Å². The summed E-state index contributed by atoms with van der Waals surface area (Å²) in [6.07, 6.45) is 0. The molecule has 0 radical (unpaired) electrons. The summed E-state index contributed by atoms with van der Waals surface area (Å²) in [4.78, 5) is 35.2. The van der Waals surface area contributed by atoms with Gasteiger partial charge in [-0.2, -0.15) is 0 Å². The zero-order valence-electron chi connectivity index (χ0n) is 10.8. The van der Waals surface area contributed by atoms with Crippen molar-refractivity contribution in [3.05, 3.63) is 0 Å². The SMILES string of the molecule is CC(C)(C)CNC(=O)N1CC(=O)NCC1C(=O)O. The molecule has 1 unspecified atom stereocenters. The van der Waals surface area contributed by atoms with E-state index in [-0.39, 0.29) is 24.4 Å². The van der Waals surface area contributed by atoms with E-state index in [1.165, 1.54) is 0 Å². The van der Waals surface area contributed by atoms with E-state index in [4.69, 9.17) is 5.11 Å². The van der Waals surface area contributed by atoms with Gasteiger partial charge < -0.3 is 15.7 Å². The van der Waals surface area contributed by atoms with Gasteiger partial charge in [0.1, 0.15) is 12.6 Å². The lowest BCUT2D eigenvalue weighted by molar-refractivity contribution is -0.144. The summed E-state index contributed by atoms with van der Waals surface area (Å²) in [6.45, 7) is 5.97. The van der Waals surface area contributed by atoms with Crippen molar-refractivity contribution in [1.29, 1.82) is 0 Å². The van der Waals surface area contributed by atoms with Crippen molar-refractivity contribution in [2.24, 2.45) is 5.41 Å². The van der Waals surface area contributed by atoms with Crippen LogP contribution in [0.15, 0.2) is 0 Å². The molecule has 1 aliphatic heterocycles. The van der Waals surface area contributed by atoms with E-state index in [0.717, 1.165) is 4.90 Å². The summed E-state index contributed by atoms with van der Waals surface area (Å²) in [5.41, 5.74) is -0.105. The van der Waals surface area contributed by atoms with Gasteiger partial charge >= 0.3 is 12.0 Å². The first-order chi connectivity index (χ1) is 8.20. The predicted molar refractivity (Wildman–Crippen MR) is 64.0 cm³/mol. The molecule has 1 saturated heterocycles. The Morgan fingerprint density at radius 1 is 1.50 bits per heavy atom. The summed E-state index contributed by atoms with van der Waals surface area (Å²) in [6, 6.07) is -1.53. The Kier molecular flexibility index (Phi) is 4.15. The zero-order chi connectivity index (χ0) is 13.9. The van der Waals surface area contributed by atoms with Crippen LogP contribution in [0.1, 0.15) is 20.8 Å². The first-order valence-electron chi connectivity index (χ1n) is 5.75. The van der Waals surface area contributed by atoms with Crippen molar-refractivity contribution in [2.75, 3.05) is 19.6 Å². The van der Waals surface area contributed by atoms with Gasteiger partial charge in [0.05, 0.1) is 0 Å². The smallest absolute Gasteiger partial charge is 0.328 e. The maximum absolute atomic E-state index is 11.9. The monoisotopic (exact) mass is 257 g/mol. The zero-order valence-corrected chi connectivity index (χ0v) is 10.8. The minimum absolute atomic E-state index is 0.0584. The number of urea groups is 1. The van der Waals surface area contributed by atoms with Crippen molar-refractivity contribution < 1.29 is 19.5 Å². The molecule has 7 heteroatoms. The minimum atomic E-state index is -1.12. The van der Waals surface area contributed by atoms with Gasteiger partial charge in [-0.1, -0.05) is 20.8 Å². The maximum atomic E-state index is 11.9. The number of aliphatic carboxylic acids is 1. The number of carboxylic acids is 1. The Labute approximate surface area is 106 Å². The van der Waals surface area contributed by atoms with Crippen molar-refractivity contribution in [1.82, 2.24) is 15.5 Å². The molecule has 1 rings (SSSR count). The first kappa shape index (κ1) is 14.3. The molecule has 3 N–H and O–H groups in total. The van der Waals surface area contributed by atoms with Crippen LogP contribution in [-0.2, 0) is 9.59 Å². The summed E-state index contributed by atoms with van der Waals surface area (Å²) >= 11 is 0. The molecule has 102 valence electrons. The standard InChI is InChI=1S/C11H19N3O4/c1-11(2,3)6-13-10(18)14-5-8(15)12-4-7(14)9(16)17/h7H,4-6H2,1-3H3,(H,12,15)(H,13,18)(H,16,17). The fraction of sp³-hybridized carbons (Fsp3) is 0.727. The number of hydrogen-bond acceptors (Lipinski definition) is 3. The number of piperazine rings is 1. The Balaban J connectivity index is 2.67. The molecule has 3 amide bonds. The minimum Gasteiger partial charge on any atom is -0.480 e. The van der Waals surface area contributed by atoms with E-state index in [0.29, 0.717) is 6.54 Å². The van der Waals surface area contributed by atoms with E-state index < -0.39 is 18.0 Å².